The molecular weight excluding hydrogens is 234 g/mol. The number of hydrogen-bond acceptors (Lipinski definition) is 2. The van der Waals surface area contributed by atoms with E-state index in [1.165, 1.54) is 5.56 Å². The molecule has 0 aliphatic rings. The summed E-state index contributed by atoms with van der Waals surface area (Å²) in [6, 6.07) is 4.22. The number of methoxy groups -OCH3 is 1. The van der Waals surface area contributed by atoms with Crippen LogP contribution >= 0.6 is 11.6 Å². The Morgan fingerprint density at radius 2 is 1.94 bits per heavy atom. The molecule has 0 bridgehead atoms. The summed E-state index contributed by atoms with van der Waals surface area (Å²) < 4.78 is 5.36. The minimum absolute atomic E-state index is 0.0719. The van der Waals surface area contributed by atoms with E-state index in [0.717, 1.165) is 17.7 Å². The quantitative estimate of drug-likeness (QED) is 0.897. The summed E-state index contributed by atoms with van der Waals surface area (Å²) in [4.78, 5) is 0. The van der Waals surface area contributed by atoms with Crippen LogP contribution in [0.25, 0.3) is 0 Å². The van der Waals surface area contributed by atoms with Gasteiger partial charge in [-0.15, -0.1) is 0 Å². The van der Waals surface area contributed by atoms with Gasteiger partial charge in [0.15, 0.2) is 0 Å². The third-order valence-electron chi connectivity index (χ3n) is 2.73. The molecule has 17 heavy (non-hydrogen) atoms. The van der Waals surface area contributed by atoms with Gasteiger partial charge in [0.2, 0.25) is 0 Å². The molecule has 1 atom stereocenters. The Balaban J connectivity index is 3.28. The molecule has 0 aromatic heterocycles. The Morgan fingerprint density at radius 1 is 1.35 bits per heavy atom. The second-order valence-electron chi connectivity index (χ2n) is 5.58. The topological polar surface area (TPSA) is 35.2 Å². The first-order chi connectivity index (χ1) is 7.75. The average Bonchev–Trinajstić information content (AvgIpc) is 2.14. The number of ether oxygens (including phenoxy) is 1. The van der Waals surface area contributed by atoms with Crippen LogP contribution in [0.2, 0.25) is 5.02 Å². The molecule has 3 heteroatoms. The Hall–Kier alpha value is -0.730. The van der Waals surface area contributed by atoms with Crippen LogP contribution in [0.5, 0.6) is 5.75 Å². The predicted octanol–water partition coefficient (Wildman–Crippen LogP) is 3.54. The summed E-state index contributed by atoms with van der Waals surface area (Å²) in [7, 11) is 1.64. The lowest BCUT2D eigenvalue weighted by molar-refractivity contribution is 0.408. The highest BCUT2D eigenvalue weighted by Gasteiger charge is 2.19. The molecule has 0 radical (unpaired) electrons. The molecule has 0 heterocycles. The van der Waals surface area contributed by atoms with E-state index in [-0.39, 0.29) is 11.5 Å². The van der Waals surface area contributed by atoms with Crippen LogP contribution in [0, 0.1) is 0 Å². The zero-order valence-corrected chi connectivity index (χ0v) is 12.1. The normalized spacial score (nSPS) is 13.6. The molecule has 0 saturated carbocycles. The molecule has 0 fully saturated rings. The lowest BCUT2D eigenvalue weighted by atomic mass is 9.85. The summed E-state index contributed by atoms with van der Waals surface area (Å²) in [6.07, 6.45) is 0.771. The van der Waals surface area contributed by atoms with Crippen LogP contribution in [0.1, 0.15) is 38.8 Å². The van der Waals surface area contributed by atoms with Gasteiger partial charge >= 0.3 is 0 Å². The van der Waals surface area contributed by atoms with E-state index in [2.05, 4.69) is 26.8 Å². The number of hydrogen-bond donors (Lipinski definition) is 1. The molecule has 1 aromatic carbocycles. The SMILES string of the molecule is COc1c(Cl)cc(C(C)(C)C)cc1CC(C)N. The molecular formula is C14H22ClNO. The molecule has 2 N–H and O–H groups in total. The summed E-state index contributed by atoms with van der Waals surface area (Å²) in [6.45, 7) is 8.49. The summed E-state index contributed by atoms with van der Waals surface area (Å²) in [5.41, 5.74) is 8.22. The highest BCUT2D eigenvalue weighted by atomic mass is 35.5. The first-order valence-electron chi connectivity index (χ1n) is 5.88. The maximum atomic E-state index is 6.26. The van der Waals surface area contributed by atoms with E-state index >= 15 is 0 Å². The summed E-state index contributed by atoms with van der Waals surface area (Å²) in [5, 5.41) is 0.663. The number of benzene rings is 1. The van der Waals surface area contributed by atoms with Crippen LogP contribution in [-0.4, -0.2) is 13.2 Å². The molecule has 0 aliphatic carbocycles. The standard InChI is InChI=1S/C14H22ClNO/c1-9(16)6-10-7-11(14(2,3)4)8-12(15)13(10)17-5/h7-9H,6,16H2,1-5H3. The van der Waals surface area contributed by atoms with E-state index in [4.69, 9.17) is 22.1 Å². The highest BCUT2D eigenvalue weighted by Crippen LogP contribution is 2.35. The Morgan fingerprint density at radius 3 is 2.35 bits per heavy atom. The van der Waals surface area contributed by atoms with Crippen molar-refractivity contribution in [2.75, 3.05) is 7.11 Å². The maximum Gasteiger partial charge on any atom is 0.140 e. The van der Waals surface area contributed by atoms with Gasteiger partial charge in [-0.2, -0.15) is 0 Å². The van der Waals surface area contributed by atoms with E-state index in [0.29, 0.717) is 5.02 Å². The van der Waals surface area contributed by atoms with Gasteiger partial charge in [-0.25, -0.2) is 0 Å². The van der Waals surface area contributed by atoms with Crippen LogP contribution in [0.3, 0.4) is 0 Å². The molecule has 0 aliphatic heterocycles. The Kier molecular flexibility index (Phi) is 4.45. The van der Waals surface area contributed by atoms with Gasteiger partial charge in [-0.3, -0.25) is 0 Å². The van der Waals surface area contributed by atoms with Crippen LogP contribution in [0.4, 0.5) is 0 Å². The Labute approximate surface area is 109 Å². The fourth-order valence-electron chi connectivity index (χ4n) is 1.81. The molecule has 0 saturated heterocycles. The molecule has 2 nitrogen and oxygen atoms in total. The van der Waals surface area contributed by atoms with Crippen molar-refractivity contribution in [3.05, 3.63) is 28.3 Å². The molecule has 1 unspecified atom stereocenters. The van der Waals surface area contributed by atoms with E-state index in [9.17, 15) is 0 Å². The molecule has 1 aromatic rings. The minimum atomic E-state index is 0.0719. The van der Waals surface area contributed by atoms with Gasteiger partial charge in [0, 0.05) is 6.04 Å². The first-order valence-corrected chi connectivity index (χ1v) is 6.26. The molecule has 96 valence electrons. The van der Waals surface area contributed by atoms with Crippen molar-refractivity contribution < 1.29 is 4.74 Å². The predicted molar refractivity (Wildman–Crippen MR) is 74.1 cm³/mol. The van der Waals surface area contributed by atoms with Crippen molar-refractivity contribution in [3.63, 3.8) is 0 Å². The molecule has 0 amide bonds. The first kappa shape index (κ1) is 14.3. The van der Waals surface area contributed by atoms with Gasteiger partial charge in [0.05, 0.1) is 12.1 Å². The van der Waals surface area contributed by atoms with Gasteiger partial charge < -0.3 is 10.5 Å². The monoisotopic (exact) mass is 255 g/mol. The van der Waals surface area contributed by atoms with E-state index in [1.807, 2.05) is 13.0 Å². The average molecular weight is 256 g/mol. The Bertz CT molecular complexity index is 394. The van der Waals surface area contributed by atoms with Gasteiger partial charge in [0.1, 0.15) is 5.75 Å². The molecule has 1 rings (SSSR count). The zero-order valence-electron chi connectivity index (χ0n) is 11.3. The summed E-state index contributed by atoms with van der Waals surface area (Å²) >= 11 is 6.26. The smallest absolute Gasteiger partial charge is 0.140 e. The number of rotatable bonds is 3. The van der Waals surface area contributed by atoms with Crippen molar-refractivity contribution in [2.45, 2.75) is 45.6 Å². The summed E-state index contributed by atoms with van der Waals surface area (Å²) in [5.74, 6) is 0.747. The highest BCUT2D eigenvalue weighted by molar-refractivity contribution is 6.32. The maximum absolute atomic E-state index is 6.26. The van der Waals surface area contributed by atoms with Crippen molar-refractivity contribution in [3.8, 4) is 5.75 Å². The zero-order chi connectivity index (χ0) is 13.2. The van der Waals surface area contributed by atoms with Crippen LogP contribution in [-0.2, 0) is 11.8 Å². The fraction of sp³-hybridized carbons (Fsp3) is 0.571. The van der Waals surface area contributed by atoms with E-state index in [1.54, 1.807) is 7.11 Å². The third-order valence-corrected chi connectivity index (χ3v) is 3.01. The number of nitrogens with two attached hydrogens (primary N) is 1. The van der Waals surface area contributed by atoms with Crippen molar-refractivity contribution >= 4 is 11.6 Å². The van der Waals surface area contributed by atoms with Crippen LogP contribution < -0.4 is 10.5 Å². The van der Waals surface area contributed by atoms with Crippen LogP contribution in [0.15, 0.2) is 12.1 Å². The van der Waals surface area contributed by atoms with Crippen molar-refractivity contribution in [2.24, 2.45) is 5.73 Å². The minimum Gasteiger partial charge on any atom is -0.495 e. The molecule has 0 spiro atoms. The second-order valence-corrected chi connectivity index (χ2v) is 5.99. The lowest BCUT2D eigenvalue weighted by Crippen LogP contribution is -2.19. The van der Waals surface area contributed by atoms with Crippen molar-refractivity contribution in [1.29, 1.82) is 0 Å². The second kappa shape index (κ2) is 5.28. The van der Waals surface area contributed by atoms with Crippen molar-refractivity contribution in [1.82, 2.24) is 0 Å². The number of halogens is 1. The van der Waals surface area contributed by atoms with Gasteiger partial charge in [-0.1, -0.05) is 38.4 Å². The van der Waals surface area contributed by atoms with Gasteiger partial charge in [-0.05, 0) is 36.0 Å². The van der Waals surface area contributed by atoms with E-state index < -0.39 is 0 Å². The van der Waals surface area contributed by atoms with Gasteiger partial charge in [0.25, 0.3) is 0 Å². The third kappa shape index (κ3) is 3.62. The largest absolute Gasteiger partial charge is 0.495 e. The fourth-order valence-corrected chi connectivity index (χ4v) is 2.13. The lowest BCUT2D eigenvalue weighted by Gasteiger charge is -2.22.